The van der Waals surface area contributed by atoms with Crippen molar-refractivity contribution in [3.8, 4) is 0 Å². The Labute approximate surface area is 345 Å². The fourth-order valence-electron chi connectivity index (χ4n) is 5.05. The average molecular weight is 825 g/mol. The summed E-state index contributed by atoms with van der Waals surface area (Å²) in [4.78, 5) is 17.7. The summed E-state index contributed by atoms with van der Waals surface area (Å²) >= 11 is 0.964. The molecule has 0 bridgehead atoms. The first-order chi connectivity index (χ1) is 25.7. The molecule has 18 nitrogen and oxygen atoms in total. The number of anilines is 2. The molecule has 298 valence electrons. The third-order valence-corrected chi connectivity index (χ3v) is 13.3. The summed E-state index contributed by atoms with van der Waals surface area (Å²) in [6.07, 6.45) is -0.928. The second-order valence-corrected chi connectivity index (χ2v) is 16.8. The summed E-state index contributed by atoms with van der Waals surface area (Å²) in [5, 5.41) is 31.6. The zero-order valence-corrected chi connectivity index (χ0v) is 36.9. The molecule has 22 heteroatoms. The van der Waals surface area contributed by atoms with Gasteiger partial charge in [-0.3, -0.25) is 5.32 Å². The first kappa shape index (κ1) is 48.6. The Hall–Kier alpha value is -1.56. The van der Waals surface area contributed by atoms with Crippen LogP contribution in [0.2, 0.25) is 0 Å². The summed E-state index contributed by atoms with van der Waals surface area (Å²) in [5.41, 5.74) is 10.1. The number of aliphatic hydroxyl groups is 1. The molecule has 0 amide bonds. The van der Waals surface area contributed by atoms with Crippen molar-refractivity contribution in [1.29, 1.82) is 0 Å². The third-order valence-electron chi connectivity index (χ3n) is 7.20. The predicted molar refractivity (Wildman–Crippen MR) is 199 cm³/mol. The number of rotatable bonds is 29. The number of benzene rings is 2. The van der Waals surface area contributed by atoms with Gasteiger partial charge in [0.2, 0.25) is 0 Å². The average Bonchev–Trinajstić information content (AvgIpc) is 3.48. The molecule has 2 unspecified atom stereocenters. The first-order valence-corrected chi connectivity index (χ1v) is 22.1. The van der Waals surface area contributed by atoms with Gasteiger partial charge in [-0.05, 0) is 83.5 Å². The number of hydrogen-bond donors (Lipinski definition) is 5. The molecule has 0 saturated heterocycles. The van der Waals surface area contributed by atoms with E-state index in [1.54, 1.807) is 36.4 Å². The van der Waals surface area contributed by atoms with E-state index in [4.69, 9.17) is 40.6 Å². The van der Waals surface area contributed by atoms with Crippen LogP contribution in [-0.4, -0.2) is 105 Å². The summed E-state index contributed by atoms with van der Waals surface area (Å²) in [7, 11) is -5.84. The number of aliphatic carboxylic acids is 1. The predicted octanol–water partition coefficient (Wildman–Crippen LogP) is -1.38. The van der Waals surface area contributed by atoms with Gasteiger partial charge >= 0.3 is 47.2 Å². The van der Waals surface area contributed by atoms with E-state index in [0.717, 1.165) is 17.6 Å². The van der Waals surface area contributed by atoms with Crippen molar-refractivity contribution >= 4 is 52.7 Å². The van der Waals surface area contributed by atoms with Crippen molar-refractivity contribution in [1.82, 2.24) is 16.2 Å². The van der Waals surface area contributed by atoms with Crippen LogP contribution in [0.15, 0.2) is 58.5 Å². The van der Waals surface area contributed by atoms with E-state index in [0.29, 0.717) is 62.5 Å². The van der Waals surface area contributed by atoms with Crippen molar-refractivity contribution in [2.75, 3.05) is 69.2 Å². The number of carboxylic acid groups (broad SMARTS) is 1. The van der Waals surface area contributed by atoms with Gasteiger partial charge in [0.15, 0.2) is 6.23 Å². The molecule has 0 aliphatic carbocycles. The van der Waals surface area contributed by atoms with E-state index in [1.807, 2.05) is 53.7 Å². The zero-order chi connectivity index (χ0) is 38.5. The van der Waals surface area contributed by atoms with Crippen LogP contribution in [0, 0.1) is 0 Å². The summed E-state index contributed by atoms with van der Waals surface area (Å²) in [6.45, 7) is 14.7. The normalized spacial score (nSPS) is 16.0. The van der Waals surface area contributed by atoms with Crippen molar-refractivity contribution in [2.45, 2.75) is 65.3 Å². The maximum Gasteiger partial charge on any atom is 1.00 e. The van der Waals surface area contributed by atoms with E-state index in [2.05, 4.69) is 26.7 Å². The molecule has 2 aromatic carbocycles. The Balaban J connectivity index is 0.0000101. The molecule has 0 spiro atoms. The molecular weight excluding hydrogens is 772 g/mol. The van der Waals surface area contributed by atoms with Gasteiger partial charge in [0.05, 0.1) is 36.6 Å². The summed E-state index contributed by atoms with van der Waals surface area (Å²) in [6, 6.07) is 13.0. The molecule has 0 saturated carbocycles. The van der Waals surface area contributed by atoms with Crippen molar-refractivity contribution in [3.63, 3.8) is 0 Å². The van der Waals surface area contributed by atoms with E-state index < -0.39 is 35.8 Å². The number of hydrazine groups is 1. The largest absolute Gasteiger partial charge is 1.00 e. The molecule has 0 radical (unpaired) electrons. The number of ether oxygens (including phenoxy) is 1. The maximum absolute atomic E-state index is 11.9. The van der Waals surface area contributed by atoms with Gasteiger partial charge in [-0.15, -0.1) is 9.32 Å². The Morgan fingerprint density at radius 3 is 1.94 bits per heavy atom. The molecule has 1 aliphatic heterocycles. The minimum Gasteiger partial charge on any atom is -0.543 e. The standard InChI is InChI=1S/C32H54N6O12SSi2.Na/c1-7-43-52(44-8-2,45-9-3)23-34-49-50-51-28-19-15-26(16-20-28)35-36-29-30(32(40)41)37-38(31(29)39)27-17-13-25(14-18-27)21-33-22-42-24-53(46-10-4,47-11-5)48-12-6;/h13-20,29,31,33-36,39H,7-12,21-24H2,1-6H3,(H,40,41);/q;+1/p-1. The van der Waals surface area contributed by atoms with E-state index in [1.165, 1.54) is 5.01 Å². The van der Waals surface area contributed by atoms with Crippen LogP contribution in [0.4, 0.5) is 11.4 Å². The van der Waals surface area contributed by atoms with E-state index in [-0.39, 0.29) is 54.4 Å². The van der Waals surface area contributed by atoms with Crippen LogP contribution < -0.4 is 61.3 Å². The summed E-state index contributed by atoms with van der Waals surface area (Å²) in [5.74, 6) is -1.52. The van der Waals surface area contributed by atoms with Crippen LogP contribution >= 0.6 is 12.0 Å². The molecular formula is C32H53N6NaO12SSi2. The van der Waals surface area contributed by atoms with Crippen molar-refractivity contribution in [3.05, 3.63) is 54.1 Å². The van der Waals surface area contributed by atoms with Gasteiger partial charge in [-0.25, -0.2) is 10.4 Å². The molecule has 54 heavy (non-hydrogen) atoms. The summed E-state index contributed by atoms with van der Waals surface area (Å²) < 4.78 is 45.6. The smallest absolute Gasteiger partial charge is 0.543 e. The van der Waals surface area contributed by atoms with Crippen LogP contribution in [0.25, 0.3) is 0 Å². The molecule has 3 rings (SSSR count). The minimum absolute atomic E-state index is 0. The van der Waals surface area contributed by atoms with E-state index >= 15 is 0 Å². The SMILES string of the molecule is CCO[Si](CNOOSc1ccc(NNC2C(C(=O)[O-])=NN(c3ccc(CNCOC[Si](OCC)(OCC)OCC)cc3)C2O)cc1)(OCC)OCC.[Na+]. The van der Waals surface area contributed by atoms with Gasteiger partial charge in [0.25, 0.3) is 0 Å². The van der Waals surface area contributed by atoms with Crippen LogP contribution in [0.1, 0.15) is 47.1 Å². The molecule has 5 N–H and O–H groups in total. The number of nitrogens with one attached hydrogen (secondary N) is 4. The number of hydrogen-bond acceptors (Lipinski definition) is 19. The molecule has 1 aliphatic rings. The molecule has 0 aromatic heterocycles. The Bertz CT molecular complexity index is 1340. The van der Waals surface area contributed by atoms with Gasteiger partial charge in [0.1, 0.15) is 18.0 Å². The minimum atomic E-state index is -2.94. The van der Waals surface area contributed by atoms with Gasteiger partial charge < -0.3 is 51.7 Å². The first-order valence-electron chi connectivity index (χ1n) is 17.5. The third kappa shape index (κ3) is 15.4. The van der Waals surface area contributed by atoms with E-state index in [9.17, 15) is 15.0 Å². The van der Waals surface area contributed by atoms with Crippen molar-refractivity contribution in [2.24, 2.45) is 5.10 Å². The monoisotopic (exact) mass is 824 g/mol. The number of hydroxylamine groups is 1. The van der Waals surface area contributed by atoms with Crippen LogP contribution in [0.5, 0.6) is 0 Å². The van der Waals surface area contributed by atoms with Crippen molar-refractivity contribution < 1.29 is 85.2 Å². The number of nitrogens with zero attached hydrogens (tertiary/aromatic N) is 2. The number of hydrazone groups is 1. The number of carbonyl (C=O) groups excluding carboxylic acids is 1. The quantitative estimate of drug-likeness (QED) is 0.0160. The number of aliphatic hydroxyl groups excluding tert-OH is 1. The second kappa shape index (κ2) is 26.4. The molecule has 0 fully saturated rings. The Morgan fingerprint density at radius 2 is 1.41 bits per heavy atom. The van der Waals surface area contributed by atoms with Crippen LogP contribution in [-0.2, 0) is 52.0 Å². The fraction of sp³-hybridized carbons (Fsp3) is 0.562. The molecule has 2 aromatic rings. The number of carbonyl (C=O) groups is 1. The second-order valence-electron chi connectivity index (χ2n) is 10.9. The van der Waals surface area contributed by atoms with Gasteiger partial charge in [-0.1, -0.05) is 12.1 Å². The molecule has 1 heterocycles. The molecule has 2 atom stereocenters. The topological polar surface area (TPSA) is 207 Å². The Morgan fingerprint density at radius 1 is 0.852 bits per heavy atom. The Kier molecular flexibility index (Phi) is 23.7. The zero-order valence-electron chi connectivity index (χ0n) is 32.1. The number of carboxylic acids is 1. The fourth-order valence-corrected chi connectivity index (χ4v) is 9.74. The van der Waals surface area contributed by atoms with Gasteiger partial charge in [0, 0.05) is 56.8 Å². The maximum atomic E-state index is 11.9. The van der Waals surface area contributed by atoms with Gasteiger partial charge in [-0.2, -0.15) is 10.6 Å². The van der Waals surface area contributed by atoms with Crippen LogP contribution in [0.3, 0.4) is 0 Å².